The molecule has 0 radical (unpaired) electrons. The van der Waals surface area contributed by atoms with Crippen LogP contribution in [0.2, 0.25) is 0 Å². The fourth-order valence-corrected chi connectivity index (χ4v) is 4.52. The number of hydrogen-bond donors (Lipinski definition) is 2. The largest absolute Gasteiger partial charge is 0.464 e. The number of benzene rings is 1. The van der Waals surface area contributed by atoms with E-state index in [2.05, 4.69) is 10.6 Å². The van der Waals surface area contributed by atoms with Crippen molar-refractivity contribution in [3.05, 3.63) is 35.9 Å². The van der Waals surface area contributed by atoms with Crippen molar-refractivity contribution in [2.75, 3.05) is 12.4 Å². The molecule has 1 aromatic rings. The zero-order valence-corrected chi connectivity index (χ0v) is 21.2. The minimum Gasteiger partial charge on any atom is -0.464 e. The number of ether oxygens (including phenoxy) is 1. The second-order valence-electron chi connectivity index (χ2n) is 8.17. The van der Waals surface area contributed by atoms with Crippen molar-refractivity contribution in [2.45, 2.75) is 64.1 Å². The molecule has 0 aromatic heterocycles. The maximum Gasteiger partial charge on any atom is 0.329 e. The van der Waals surface area contributed by atoms with Crippen LogP contribution < -0.4 is 10.6 Å². The molecule has 2 unspecified atom stereocenters. The lowest BCUT2D eigenvalue weighted by atomic mass is 10.0. The molecule has 0 bridgehead atoms. The highest BCUT2D eigenvalue weighted by atomic mass is 32.2. The first kappa shape index (κ1) is 28.0. The van der Waals surface area contributed by atoms with E-state index in [9.17, 15) is 19.2 Å². The lowest BCUT2D eigenvalue weighted by Gasteiger charge is -2.30. The van der Waals surface area contributed by atoms with Crippen LogP contribution in [0.3, 0.4) is 0 Å². The van der Waals surface area contributed by atoms with E-state index in [-0.39, 0.29) is 17.6 Å². The van der Waals surface area contributed by atoms with E-state index in [4.69, 9.17) is 4.74 Å². The van der Waals surface area contributed by atoms with E-state index >= 15 is 0 Å². The Morgan fingerprint density at radius 2 is 1.72 bits per heavy atom. The van der Waals surface area contributed by atoms with E-state index in [1.807, 2.05) is 44.2 Å². The van der Waals surface area contributed by atoms with E-state index in [0.29, 0.717) is 11.5 Å². The summed E-state index contributed by atoms with van der Waals surface area (Å²) in [4.78, 5) is 49.6. The summed E-state index contributed by atoms with van der Waals surface area (Å²) in [6.45, 7) is 10.1. The van der Waals surface area contributed by atoms with Gasteiger partial charge in [-0.1, -0.05) is 55.9 Å². The van der Waals surface area contributed by atoms with Crippen molar-refractivity contribution < 1.29 is 23.9 Å². The van der Waals surface area contributed by atoms with Crippen LogP contribution in [0, 0.1) is 5.92 Å². The number of rotatable bonds is 12. The van der Waals surface area contributed by atoms with Gasteiger partial charge in [0.25, 0.3) is 0 Å². The third-order valence-corrected chi connectivity index (χ3v) is 6.88. The van der Waals surface area contributed by atoms with Crippen molar-refractivity contribution in [1.29, 1.82) is 0 Å². The molecule has 1 rings (SSSR count). The number of nitrogens with one attached hydrogen (secondary N) is 2. The van der Waals surface area contributed by atoms with Gasteiger partial charge >= 0.3 is 5.97 Å². The number of hydrogen-bond acceptors (Lipinski definition) is 7. The Morgan fingerprint density at radius 1 is 1.09 bits per heavy atom. The van der Waals surface area contributed by atoms with Gasteiger partial charge in [-0.25, -0.2) is 4.79 Å². The van der Waals surface area contributed by atoms with Gasteiger partial charge < -0.3 is 15.4 Å². The molecule has 0 fully saturated rings. The Morgan fingerprint density at radius 3 is 2.25 bits per heavy atom. The first-order valence-electron chi connectivity index (χ1n) is 10.6. The average molecular weight is 483 g/mol. The second-order valence-corrected chi connectivity index (χ2v) is 10.5. The van der Waals surface area contributed by atoms with Crippen LogP contribution in [0.4, 0.5) is 0 Å². The molecule has 0 heterocycles. The monoisotopic (exact) mass is 482 g/mol. The zero-order valence-electron chi connectivity index (χ0n) is 19.6. The lowest BCUT2D eigenvalue weighted by Crippen LogP contribution is -2.60. The SMILES string of the molecule is CCOC(=O)C(CSCc1ccccc1)NC(=O)C(C)(C)NC(=O)C(SC(C)=O)C(C)C. The van der Waals surface area contributed by atoms with Gasteiger partial charge in [-0.2, -0.15) is 11.8 Å². The van der Waals surface area contributed by atoms with Crippen molar-refractivity contribution in [3.63, 3.8) is 0 Å². The van der Waals surface area contributed by atoms with Crippen molar-refractivity contribution in [3.8, 4) is 0 Å². The molecule has 2 atom stereocenters. The molecule has 9 heteroatoms. The summed E-state index contributed by atoms with van der Waals surface area (Å²) in [6, 6.07) is 8.97. The Labute approximate surface area is 199 Å². The predicted molar refractivity (Wildman–Crippen MR) is 130 cm³/mol. The standard InChI is InChI=1S/C23H34N2O5S2/c1-7-30-21(28)18(14-31-13-17-11-9-8-10-12-17)24-22(29)23(5,6)25-20(27)19(15(2)3)32-16(4)26/h8-12,15,18-19H,7,13-14H2,1-6H3,(H,24,29)(H,25,27). The summed E-state index contributed by atoms with van der Waals surface area (Å²) >= 11 is 2.45. The van der Waals surface area contributed by atoms with Gasteiger partial charge in [0, 0.05) is 18.4 Å². The van der Waals surface area contributed by atoms with Gasteiger partial charge in [0.2, 0.25) is 11.8 Å². The molecule has 0 aliphatic carbocycles. The molecule has 32 heavy (non-hydrogen) atoms. The Kier molecular flexibility index (Phi) is 11.8. The molecule has 0 spiro atoms. The fourth-order valence-electron chi connectivity index (χ4n) is 2.73. The Balaban J connectivity index is 2.81. The third-order valence-electron chi connectivity index (χ3n) is 4.43. The van der Waals surface area contributed by atoms with Crippen LogP contribution in [0.15, 0.2) is 30.3 Å². The summed E-state index contributed by atoms with van der Waals surface area (Å²) in [5.41, 5.74) is -0.169. The number of esters is 1. The molecule has 2 N–H and O–H groups in total. The summed E-state index contributed by atoms with van der Waals surface area (Å²) in [7, 11) is 0. The van der Waals surface area contributed by atoms with Gasteiger partial charge in [0.1, 0.15) is 11.6 Å². The summed E-state index contributed by atoms with van der Waals surface area (Å²) < 4.78 is 5.12. The molecule has 1 aromatic carbocycles. The van der Waals surface area contributed by atoms with E-state index in [0.717, 1.165) is 17.3 Å². The lowest BCUT2D eigenvalue weighted by molar-refractivity contribution is -0.147. The van der Waals surface area contributed by atoms with Crippen LogP contribution in [-0.4, -0.2) is 52.1 Å². The Hall–Kier alpha value is -2.00. The van der Waals surface area contributed by atoms with Crippen LogP contribution >= 0.6 is 23.5 Å². The minimum atomic E-state index is -1.28. The van der Waals surface area contributed by atoms with Crippen molar-refractivity contribution >= 4 is 46.4 Å². The fraction of sp³-hybridized carbons (Fsp3) is 0.565. The number of thioether (sulfide) groups is 2. The number of carbonyl (C=O) groups is 4. The van der Waals surface area contributed by atoms with Crippen LogP contribution in [0.25, 0.3) is 0 Å². The average Bonchev–Trinajstić information content (AvgIpc) is 2.71. The molecular weight excluding hydrogens is 448 g/mol. The maximum absolute atomic E-state index is 13.0. The highest BCUT2D eigenvalue weighted by molar-refractivity contribution is 8.14. The van der Waals surface area contributed by atoms with Gasteiger partial charge in [0.05, 0.1) is 11.9 Å². The molecule has 2 amide bonds. The molecular formula is C23H34N2O5S2. The maximum atomic E-state index is 13.0. The zero-order chi connectivity index (χ0) is 24.3. The first-order chi connectivity index (χ1) is 15.0. The molecule has 0 saturated heterocycles. The first-order valence-corrected chi connectivity index (χ1v) is 12.6. The van der Waals surface area contributed by atoms with Gasteiger partial charge in [-0.05, 0) is 32.3 Å². The van der Waals surface area contributed by atoms with E-state index < -0.39 is 34.6 Å². The van der Waals surface area contributed by atoms with Gasteiger partial charge in [0.15, 0.2) is 5.12 Å². The van der Waals surface area contributed by atoms with Crippen LogP contribution in [0.5, 0.6) is 0 Å². The Bertz CT molecular complexity index is 784. The number of amides is 2. The highest BCUT2D eigenvalue weighted by Gasteiger charge is 2.36. The van der Waals surface area contributed by atoms with Gasteiger partial charge in [-0.3, -0.25) is 14.4 Å². The molecule has 0 aliphatic rings. The summed E-state index contributed by atoms with van der Waals surface area (Å²) in [5.74, 6) is -0.491. The predicted octanol–water partition coefficient (Wildman–Crippen LogP) is 3.17. The molecule has 178 valence electrons. The molecule has 7 nitrogen and oxygen atoms in total. The molecule has 0 aliphatic heterocycles. The van der Waals surface area contributed by atoms with Crippen LogP contribution in [0.1, 0.15) is 47.1 Å². The molecule has 0 saturated carbocycles. The summed E-state index contributed by atoms with van der Waals surface area (Å²) in [5, 5.41) is 4.66. The van der Waals surface area contributed by atoms with E-state index in [1.54, 1.807) is 20.8 Å². The van der Waals surface area contributed by atoms with E-state index in [1.165, 1.54) is 18.7 Å². The number of carbonyl (C=O) groups excluding carboxylic acids is 4. The second kappa shape index (κ2) is 13.5. The van der Waals surface area contributed by atoms with Crippen LogP contribution in [-0.2, 0) is 29.7 Å². The minimum absolute atomic E-state index is 0.0931. The quantitative estimate of drug-likeness (QED) is 0.441. The van der Waals surface area contributed by atoms with Crippen molar-refractivity contribution in [1.82, 2.24) is 10.6 Å². The smallest absolute Gasteiger partial charge is 0.329 e. The topological polar surface area (TPSA) is 102 Å². The highest BCUT2D eigenvalue weighted by Crippen LogP contribution is 2.21. The normalized spacial score (nSPS) is 13.2. The van der Waals surface area contributed by atoms with Crippen molar-refractivity contribution in [2.24, 2.45) is 5.92 Å². The van der Waals surface area contributed by atoms with Gasteiger partial charge in [-0.15, -0.1) is 0 Å². The summed E-state index contributed by atoms with van der Waals surface area (Å²) in [6.07, 6.45) is 0. The third kappa shape index (κ3) is 9.65.